The lowest BCUT2D eigenvalue weighted by molar-refractivity contribution is -0.136. The van der Waals surface area contributed by atoms with Crippen LogP contribution in [0.15, 0.2) is 24.3 Å². The molecule has 1 saturated heterocycles. The van der Waals surface area contributed by atoms with Crippen molar-refractivity contribution in [2.45, 2.75) is 37.6 Å². The van der Waals surface area contributed by atoms with Gasteiger partial charge in [0.25, 0.3) is 16.1 Å². The maximum absolute atomic E-state index is 12.9. The van der Waals surface area contributed by atoms with Crippen LogP contribution in [-0.4, -0.2) is 55.6 Å². The van der Waals surface area contributed by atoms with Gasteiger partial charge in [-0.25, -0.2) is 5.48 Å². The first-order valence-electron chi connectivity index (χ1n) is 9.10. The standard InChI is InChI=1S/C17H25ClN4O4S/c18-14-4-6-15(7-5-14)21-10-12-22(13-11-21)27(25,26)20-17(16(23)19-24)8-2-1-3-9-17/h4-7,20,24H,1-3,8-13H2,(H,19,23). The molecule has 0 radical (unpaired) electrons. The number of hydrogen-bond donors (Lipinski definition) is 3. The molecule has 10 heteroatoms. The Balaban J connectivity index is 1.67. The molecule has 1 saturated carbocycles. The third kappa shape index (κ3) is 4.55. The van der Waals surface area contributed by atoms with E-state index in [-0.39, 0.29) is 0 Å². The first-order valence-corrected chi connectivity index (χ1v) is 10.9. The van der Waals surface area contributed by atoms with Crippen molar-refractivity contribution < 1.29 is 18.4 Å². The maximum Gasteiger partial charge on any atom is 0.280 e. The van der Waals surface area contributed by atoms with Crippen LogP contribution in [0, 0.1) is 0 Å². The van der Waals surface area contributed by atoms with E-state index < -0.39 is 21.7 Å². The van der Waals surface area contributed by atoms with E-state index in [4.69, 9.17) is 16.8 Å². The summed E-state index contributed by atoms with van der Waals surface area (Å²) in [5, 5.41) is 9.73. The van der Waals surface area contributed by atoms with Gasteiger partial charge in [-0.05, 0) is 37.1 Å². The number of benzene rings is 1. The predicted molar refractivity (Wildman–Crippen MR) is 103 cm³/mol. The normalized spacial score (nSPS) is 21.0. The first-order chi connectivity index (χ1) is 12.9. The van der Waals surface area contributed by atoms with Crippen molar-refractivity contribution in [1.29, 1.82) is 0 Å². The molecule has 8 nitrogen and oxygen atoms in total. The zero-order chi connectivity index (χ0) is 19.5. The largest absolute Gasteiger partial charge is 0.369 e. The molecule has 3 rings (SSSR count). The van der Waals surface area contributed by atoms with Crippen LogP contribution in [0.1, 0.15) is 32.1 Å². The van der Waals surface area contributed by atoms with E-state index in [1.54, 1.807) is 5.48 Å². The van der Waals surface area contributed by atoms with Crippen LogP contribution in [-0.2, 0) is 15.0 Å². The molecule has 150 valence electrons. The van der Waals surface area contributed by atoms with E-state index in [0.717, 1.165) is 24.9 Å². The molecule has 1 aromatic carbocycles. The molecule has 0 aromatic heterocycles. The Morgan fingerprint density at radius 1 is 1.04 bits per heavy atom. The van der Waals surface area contributed by atoms with E-state index in [9.17, 15) is 13.2 Å². The molecule has 2 fully saturated rings. The van der Waals surface area contributed by atoms with Crippen molar-refractivity contribution in [3.8, 4) is 0 Å². The van der Waals surface area contributed by atoms with Gasteiger partial charge in [-0.15, -0.1) is 0 Å². The van der Waals surface area contributed by atoms with Gasteiger partial charge in [0, 0.05) is 36.9 Å². The van der Waals surface area contributed by atoms with E-state index in [2.05, 4.69) is 9.62 Å². The van der Waals surface area contributed by atoms with Crippen LogP contribution in [0.5, 0.6) is 0 Å². The highest BCUT2D eigenvalue weighted by atomic mass is 35.5. The molecule has 27 heavy (non-hydrogen) atoms. The topological polar surface area (TPSA) is 102 Å². The van der Waals surface area contributed by atoms with E-state index in [1.165, 1.54) is 4.31 Å². The second-order valence-corrected chi connectivity index (χ2v) is 9.16. The number of rotatable bonds is 5. The molecule has 1 heterocycles. The number of halogens is 1. The Morgan fingerprint density at radius 2 is 1.63 bits per heavy atom. The number of carbonyl (C=O) groups is 1. The van der Waals surface area contributed by atoms with Crippen molar-refractivity contribution in [1.82, 2.24) is 14.5 Å². The molecular weight excluding hydrogens is 392 g/mol. The fourth-order valence-electron chi connectivity index (χ4n) is 3.79. The van der Waals surface area contributed by atoms with Gasteiger partial charge in [0.05, 0.1) is 0 Å². The Bertz CT molecular complexity index is 758. The van der Waals surface area contributed by atoms with Crippen molar-refractivity contribution in [3.05, 3.63) is 29.3 Å². The fourth-order valence-corrected chi connectivity index (χ4v) is 5.48. The monoisotopic (exact) mass is 416 g/mol. The smallest absolute Gasteiger partial charge is 0.280 e. The lowest BCUT2D eigenvalue weighted by Gasteiger charge is -2.39. The molecule has 0 atom stereocenters. The van der Waals surface area contributed by atoms with E-state index >= 15 is 0 Å². The summed E-state index contributed by atoms with van der Waals surface area (Å²) in [6.07, 6.45) is 3.18. The summed E-state index contributed by atoms with van der Waals surface area (Å²) in [5.41, 5.74) is 1.35. The highest BCUT2D eigenvalue weighted by Crippen LogP contribution is 2.30. The van der Waals surface area contributed by atoms with Crippen molar-refractivity contribution in [2.24, 2.45) is 0 Å². The average molecular weight is 417 g/mol. The maximum atomic E-state index is 12.9. The van der Waals surface area contributed by atoms with Gasteiger partial charge in [0.2, 0.25) is 0 Å². The first kappa shape index (κ1) is 20.3. The van der Waals surface area contributed by atoms with Gasteiger partial charge in [-0.3, -0.25) is 10.0 Å². The van der Waals surface area contributed by atoms with Crippen LogP contribution < -0.4 is 15.1 Å². The highest BCUT2D eigenvalue weighted by molar-refractivity contribution is 7.87. The lowest BCUT2D eigenvalue weighted by atomic mass is 9.82. The minimum atomic E-state index is -3.85. The summed E-state index contributed by atoms with van der Waals surface area (Å²) in [6, 6.07) is 7.44. The van der Waals surface area contributed by atoms with Gasteiger partial charge in [-0.2, -0.15) is 17.4 Å². The minimum Gasteiger partial charge on any atom is -0.369 e. The van der Waals surface area contributed by atoms with Crippen LogP contribution in [0.25, 0.3) is 0 Å². The molecule has 1 aromatic rings. The van der Waals surface area contributed by atoms with Crippen LogP contribution in [0.2, 0.25) is 5.02 Å². The summed E-state index contributed by atoms with van der Waals surface area (Å²) in [6.45, 7) is 1.72. The van der Waals surface area contributed by atoms with Crippen molar-refractivity contribution in [2.75, 3.05) is 31.1 Å². The summed E-state index contributed by atoms with van der Waals surface area (Å²) < 4.78 is 29.7. The van der Waals surface area contributed by atoms with Crippen LogP contribution in [0.4, 0.5) is 5.69 Å². The Hall–Kier alpha value is -1.39. The number of amides is 1. The lowest BCUT2D eigenvalue weighted by Crippen LogP contribution is -2.63. The third-order valence-electron chi connectivity index (χ3n) is 5.34. The molecule has 1 aliphatic carbocycles. The molecule has 2 aliphatic rings. The molecular formula is C17H25ClN4O4S. The molecule has 3 N–H and O–H groups in total. The minimum absolute atomic E-state index is 0.314. The van der Waals surface area contributed by atoms with Gasteiger partial charge in [0.15, 0.2) is 0 Å². The zero-order valence-electron chi connectivity index (χ0n) is 15.0. The SMILES string of the molecule is O=C(NO)C1(NS(=O)(=O)N2CCN(c3ccc(Cl)cc3)CC2)CCCCC1. The second-order valence-electron chi connectivity index (χ2n) is 7.05. The molecule has 0 unspecified atom stereocenters. The second kappa shape index (κ2) is 8.32. The number of nitrogens with one attached hydrogen (secondary N) is 2. The summed E-state index contributed by atoms with van der Waals surface area (Å²) in [7, 11) is -3.85. The number of nitrogens with zero attached hydrogens (tertiary/aromatic N) is 2. The van der Waals surface area contributed by atoms with Crippen LogP contribution >= 0.6 is 11.6 Å². The molecule has 0 spiro atoms. The fraction of sp³-hybridized carbons (Fsp3) is 0.588. The quantitative estimate of drug-likeness (QED) is 0.498. The number of hydroxylamine groups is 1. The Kier molecular flexibility index (Phi) is 6.27. The average Bonchev–Trinajstić information content (AvgIpc) is 2.68. The number of anilines is 1. The third-order valence-corrected chi connectivity index (χ3v) is 7.28. The molecule has 1 aliphatic heterocycles. The van der Waals surface area contributed by atoms with Crippen LogP contribution in [0.3, 0.4) is 0 Å². The number of carbonyl (C=O) groups excluding carboxylic acids is 1. The summed E-state index contributed by atoms with van der Waals surface area (Å²) in [5.74, 6) is -0.689. The van der Waals surface area contributed by atoms with Gasteiger partial charge in [0.1, 0.15) is 5.54 Å². The number of piperazine rings is 1. The summed E-state index contributed by atoms with van der Waals surface area (Å²) >= 11 is 5.91. The van der Waals surface area contributed by atoms with E-state index in [0.29, 0.717) is 44.0 Å². The van der Waals surface area contributed by atoms with E-state index in [1.807, 2.05) is 24.3 Å². The molecule has 0 bridgehead atoms. The van der Waals surface area contributed by atoms with Crippen molar-refractivity contribution in [3.63, 3.8) is 0 Å². The predicted octanol–water partition coefficient (Wildman–Crippen LogP) is 1.50. The van der Waals surface area contributed by atoms with Gasteiger partial charge in [-0.1, -0.05) is 30.9 Å². The Labute approximate surface area is 164 Å². The van der Waals surface area contributed by atoms with Gasteiger partial charge >= 0.3 is 0 Å². The van der Waals surface area contributed by atoms with Gasteiger partial charge < -0.3 is 4.90 Å². The summed E-state index contributed by atoms with van der Waals surface area (Å²) in [4.78, 5) is 14.3. The molecule has 1 amide bonds. The Morgan fingerprint density at radius 3 is 2.19 bits per heavy atom. The number of hydrogen-bond acceptors (Lipinski definition) is 5. The highest BCUT2D eigenvalue weighted by Gasteiger charge is 2.44. The van der Waals surface area contributed by atoms with Crippen molar-refractivity contribution >= 4 is 33.4 Å². The zero-order valence-corrected chi connectivity index (χ0v) is 16.6.